The zero-order chi connectivity index (χ0) is 14.5. The number of halogens is 2. The van der Waals surface area contributed by atoms with Crippen molar-refractivity contribution in [2.45, 2.75) is 25.8 Å². The summed E-state index contributed by atoms with van der Waals surface area (Å²) in [5.41, 5.74) is 5.62. The molecule has 1 unspecified atom stereocenters. The van der Waals surface area contributed by atoms with Crippen molar-refractivity contribution >= 4 is 15.9 Å². The lowest BCUT2D eigenvalue weighted by atomic mass is 10.0. The minimum absolute atomic E-state index is 0.194. The summed E-state index contributed by atoms with van der Waals surface area (Å²) < 4.78 is 14.0. The summed E-state index contributed by atoms with van der Waals surface area (Å²) in [6.07, 6.45) is 3.42. The minimum atomic E-state index is -0.294. The Morgan fingerprint density at radius 2 is 2.15 bits per heavy atom. The summed E-state index contributed by atoms with van der Waals surface area (Å²) >= 11 is 3.27. The fourth-order valence-electron chi connectivity index (χ4n) is 2.04. The molecule has 106 valence electrons. The molecule has 0 aliphatic heterocycles. The van der Waals surface area contributed by atoms with Crippen molar-refractivity contribution in [3.05, 3.63) is 63.6 Å². The van der Waals surface area contributed by atoms with Crippen LogP contribution in [0.1, 0.15) is 29.8 Å². The van der Waals surface area contributed by atoms with Gasteiger partial charge in [0.25, 0.3) is 0 Å². The van der Waals surface area contributed by atoms with E-state index in [0.29, 0.717) is 10.9 Å². The van der Waals surface area contributed by atoms with Gasteiger partial charge in [0.15, 0.2) is 0 Å². The van der Waals surface area contributed by atoms with E-state index in [4.69, 9.17) is 5.84 Å². The van der Waals surface area contributed by atoms with Crippen LogP contribution >= 0.6 is 15.9 Å². The Hall–Kier alpha value is -1.30. The second-order valence-electron chi connectivity index (χ2n) is 4.58. The molecule has 0 aliphatic carbocycles. The van der Waals surface area contributed by atoms with Crippen molar-refractivity contribution in [3.8, 4) is 0 Å². The monoisotopic (exact) mass is 337 g/mol. The Bertz CT molecular complexity index is 572. The summed E-state index contributed by atoms with van der Waals surface area (Å²) in [4.78, 5) is 4.41. The molecule has 3 nitrogen and oxygen atoms in total. The fraction of sp³-hybridized carbons (Fsp3) is 0.267. The molecule has 3 N–H and O–H groups in total. The van der Waals surface area contributed by atoms with Crippen molar-refractivity contribution in [3.63, 3.8) is 0 Å². The lowest BCUT2D eigenvalue weighted by molar-refractivity contribution is 0.535. The normalized spacial score (nSPS) is 12.4. The van der Waals surface area contributed by atoms with E-state index in [1.54, 1.807) is 6.07 Å². The van der Waals surface area contributed by atoms with Crippen LogP contribution in [0.3, 0.4) is 0 Å². The number of hydrogen-bond donors (Lipinski definition) is 2. The number of nitrogens with zero attached hydrogens (tertiary/aromatic N) is 1. The second kappa shape index (κ2) is 6.92. The number of aromatic nitrogens is 1. The van der Waals surface area contributed by atoms with E-state index in [-0.39, 0.29) is 11.9 Å². The highest BCUT2D eigenvalue weighted by Gasteiger charge is 2.16. The smallest absolute Gasteiger partial charge is 0.137 e. The largest absolute Gasteiger partial charge is 0.271 e. The standard InChI is InChI=1S/C15H17BrFN3/c1-2-10-6-7-11(19-9-10)8-14(20-18)12-4-3-5-13(17)15(12)16/h3-7,9,14,20H,2,8,18H2,1H3. The fourth-order valence-corrected chi connectivity index (χ4v) is 2.58. The van der Waals surface area contributed by atoms with Crippen LogP contribution in [0.15, 0.2) is 41.0 Å². The Balaban J connectivity index is 2.21. The first kappa shape index (κ1) is 15.1. The molecule has 0 saturated heterocycles. The highest BCUT2D eigenvalue weighted by atomic mass is 79.9. The summed E-state index contributed by atoms with van der Waals surface area (Å²) in [7, 11) is 0. The van der Waals surface area contributed by atoms with E-state index in [1.807, 2.05) is 18.3 Å². The van der Waals surface area contributed by atoms with E-state index < -0.39 is 0 Å². The van der Waals surface area contributed by atoms with Gasteiger partial charge >= 0.3 is 0 Å². The Morgan fingerprint density at radius 1 is 1.35 bits per heavy atom. The van der Waals surface area contributed by atoms with E-state index in [1.165, 1.54) is 11.6 Å². The van der Waals surface area contributed by atoms with E-state index in [2.05, 4.69) is 39.3 Å². The van der Waals surface area contributed by atoms with Gasteiger partial charge in [-0.15, -0.1) is 0 Å². The third kappa shape index (κ3) is 3.42. The van der Waals surface area contributed by atoms with Crippen LogP contribution in [0, 0.1) is 5.82 Å². The molecule has 0 amide bonds. The van der Waals surface area contributed by atoms with Crippen LogP contribution in [0.5, 0.6) is 0 Å². The third-order valence-corrected chi connectivity index (χ3v) is 4.10. The second-order valence-corrected chi connectivity index (χ2v) is 5.37. The van der Waals surface area contributed by atoms with Gasteiger partial charge in [0.05, 0.1) is 10.5 Å². The number of hydrogen-bond acceptors (Lipinski definition) is 3. The highest BCUT2D eigenvalue weighted by Crippen LogP contribution is 2.27. The van der Waals surface area contributed by atoms with Crippen molar-refractivity contribution < 1.29 is 4.39 Å². The maximum absolute atomic E-state index is 13.6. The van der Waals surface area contributed by atoms with Gasteiger partial charge in [-0.2, -0.15) is 0 Å². The third-order valence-electron chi connectivity index (χ3n) is 3.27. The van der Waals surface area contributed by atoms with Crippen LogP contribution in [-0.4, -0.2) is 4.98 Å². The first-order valence-electron chi connectivity index (χ1n) is 6.49. The number of aryl methyl sites for hydroxylation is 1. The van der Waals surface area contributed by atoms with Crippen molar-refractivity contribution in [1.29, 1.82) is 0 Å². The number of nitrogens with two attached hydrogens (primary N) is 1. The quantitative estimate of drug-likeness (QED) is 0.650. The molecule has 0 spiro atoms. The van der Waals surface area contributed by atoms with Crippen LogP contribution in [-0.2, 0) is 12.8 Å². The predicted molar refractivity (Wildman–Crippen MR) is 81.5 cm³/mol. The number of nitrogens with one attached hydrogen (secondary N) is 1. The van der Waals surface area contributed by atoms with Crippen LogP contribution in [0.2, 0.25) is 0 Å². The average molecular weight is 338 g/mol. The predicted octanol–water partition coefficient (Wildman–Crippen LogP) is 3.29. The number of benzene rings is 1. The molecule has 1 aromatic carbocycles. The van der Waals surface area contributed by atoms with E-state index in [0.717, 1.165) is 17.7 Å². The molecule has 2 rings (SSSR count). The van der Waals surface area contributed by atoms with Crippen LogP contribution < -0.4 is 11.3 Å². The van der Waals surface area contributed by atoms with Gasteiger partial charge in [-0.25, -0.2) is 4.39 Å². The minimum Gasteiger partial charge on any atom is -0.271 e. The molecule has 20 heavy (non-hydrogen) atoms. The van der Waals surface area contributed by atoms with Crippen molar-refractivity contribution in [2.75, 3.05) is 0 Å². The molecule has 0 fully saturated rings. The van der Waals surface area contributed by atoms with Gasteiger partial charge in [0.1, 0.15) is 5.82 Å². The molecular weight excluding hydrogens is 321 g/mol. The average Bonchev–Trinajstić information content (AvgIpc) is 2.48. The maximum Gasteiger partial charge on any atom is 0.137 e. The lowest BCUT2D eigenvalue weighted by Gasteiger charge is -2.18. The first-order valence-corrected chi connectivity index (χ1v) is 7.28. The van der Waals surface area contributed by atoms with Crippen LogP contribution in [0.4, 0.5) is 4.39 Å². The van der Waals surface area contributed by atoms with Crippen LogP contribution in [0.25, 0.3) is 0 Å². The number of rotatable bonds is 5. The zero-order valence-corrected chi connectivity index (χ0v) is 12.8. The van der Waals surface area contributed by atoms with Gasteiger partial charge < -0.3 is 0 Å². The Labute approximate surface area is 126 Å². The Kier molecular flexibility index (Phi) is 5.23. The summed E-state index contributed by atoms with van der Waals surface area (Å²) in [6.45, 7) is 2.09. The first-order chi connectivity index (χ1) is 9.65. The summed E-state index contributed by atoms with van der Waals surface area (Å²) in [5, 5.41) is 0. The molecule has 0 saturated carbocycles. The maximum atomic E-state index is 13.6. The van der Waals surface area contributed by atoms with Gasteiger partial charge in [-0.1, -0.05) is 25.1 Å². The lowest BCUT2D eigenvalue weighted by Crippen LogP contribution is -2.30. The molecule has 0 bridgehead atoms. The SMILES string of the molecule is CCc1ccc(CC(NN)c2cccc(F)c2Br)nc1. The summed E-state index contributed by atoms with van der Waals surface area (Å²) in [5.74, 6) is 5.31. The zero-order valence-electron chi connectivity index (χ0n) is 11.2. The van der Waals surface area contributed by atoms with E-state index >= 15 is 0 Å². The molecule has 2 aromatic rings. The van der Waals surface area contributed by atoms with Gasteiger partial charge in [-0.3, -0.25) is 16.3 Å². The molecule has 1 aromatic heterocycles. The molecule has 1 atom stereocenters. The van der Waals surface area contributed by atoms with Crippen molar-refractivity contribution in [2.24, 2.45) is 5.84 Å². The van der Waals surface area contributed by atoms with Crippen molar-refractivity contribution in [1.82, 2.24) is 10.4 Å². The van der Waals surface area contributed by atoms with E-state index in [9.17, 15) is 4.39 Å². The molecule has 5 heteroatoms. The highest BCUT2D eigenvalue weighted by molar-refractivity contribution is 9.10. The van der Waals surface area contributed by atoms with Gasteiger partial charge in [0, 0.05) is 18.3 Å². The number of pyridine rings is 1. The molecule has 0 aliphatic rings. The Morgan fingerprint density at radius 3 is 2.75 bits per heavy atom. The molecular formula is C15H17BrFN3. The van der Waals surface area contributed by atoms with Gasteiger partial charge in [0.2, 0.25) is 0 Å². The summed E-state index contributed by atoms with van der Waals surface area (Å²) in [6, 6.07) is 8.77. The molecule has 0 radical (unpaired) electrons. The molecule has 1 heterocycles. The number of hydrazine groups is 1. The van der Waals surface area contributed by atoms with Gasteiger partial charge in [-0.05, 0) is 45.6 Å². The topological polar surface area (TPSA) is 50.9 Å².